The van der Waals surface area contributed by atoms with Gasteiger partial charge in [0.15, 0.2) is 6.61 Å². The van der Waals surface area contributed by atoms with E-state index in [4.69, 9.17) is 4.74 Å². The maximum absolute atomic E-state index is 12.8. The molecule has 2 rings (SSSR count). The van der Waals surface area contributed by atoms with Crippen molar-refractivity contribution in [3.8, 4) is 5.75 Å². The predicted octanol–water partition coefficient (Wildman–Crippen LogP) is 3.27. The number of nitrogens with zero attached hydrogens (tertiary/aromatic N) is 1. The first-order valence-electron chi connectivity index (χ1n) is 7.02. The van der Waals surface area contributed by atoms with Gasteiger partial charge in [-0.1, -0.05) is 6.92 Å². The fraction of sp³-hybridized carbons (Fsp3) is 0.533. The highest BCUT2D eigenvalue weighted by Crippen LogP contribution is 2.32. The van der Waals surface area contributed by atoms with E-state index in [9.17, 15) is 18.0 Å². The summed E-state index contributed by atoms with van der Waals surface area (Å²) in [6.45, 7) is 2.95. The summed E-state index contributed by atoms with van der Waals surface area (Å²) >= 11 is 0. The number of carbonyl (C=O) groups excluding carboxylic acids is 1. The van der Waals surface area contributed by atoms with Gasteiger partial charge in [-0.25, -0.2) is 0 Å². The first-order chi connectivity index (χ1) is 9.90. The van der Waals surface area contributed by atoms with Crippen LogP contribution in [0.3, 0.4) is 0 Å². The number of hydrogen-bond acceptors (Lipinski definition) is 2. The molecular formula is C15H18F3NO2. The minimum atomic E-state index is -4.41. The predicted molar refractivity (Wildman–Crippen MR) is 72.1 cm³/mol. The fourth-order valence-electron chi connectivity index (χ4n) is 2.31. The molecule has 1 saturated heterocycles. The molecule has 1 amide bonds. The lowest BCUT2D eigenvalue weighted by Crippen LogP contribution is -2.32. The molecule has 1 fully saturated rings. The molecule has 1 aliphatic rings. The van der Waals surface area contributed by atoms with Gasteiger partial charge in [-0.3, -0.25) is 4.79 Å². The molecule has 0 unspecified atom stereocenters. The van der Waals surface area contributed by atoms with Crippen LogP contribution >= 0.6 is 0 Å². The summed E-state index contributed by atoms with van der Waals surface area (Å²) in [5.74, 6) is -0.0859. The lowest BCUT2D eigenvalue weighted by Gasteiger charge is -2.16. The molecule has 6 heteroatoms. The van der Waals surface area contributed by atoms with Crippen LogP contribution in [-0.4, -0.2) is 30.5 Å². The smallest absolute Gasteiger partial charge is 0.416 e. The Bertz CT molecular complexity index is 508. The number of amides is 1. The minimum absolute atomic E-state index is 0.0919. The summed E-state index contributed by atoms with van der Waals surface area (Å²) in [5, 5.41) is 0. The van der Waals surface area contributed by atoms with E-state index >= 15 is 0 Å². The van der Waals surface area contributed by atoms with Crippen molar-refractivity contribution in [3.05, 3.63) is 29.3 Å². The van der Waals surface area contributed by atoms with Gasteiger partial charge >= 0.3 is 6.18 Å². The van der Waals surface area contributed by atoms with Crippen LogP contribution in [0.1, 0.15) is 30.9 Å². The van der Waals surface area contributed by atoms with Crippen LogP contribution < -0.4 is 4.74 Å². The lowest BCUT2D eigenvalue weighted by atomic mass is 10.1. The van der Waals surface area contributed by atoms with Crippen molar-refractivity contribution >= 4 is 5.91 Å². The first kappa shape index (κ1) is 15.7. The number of carbonyl (C=O) groups is 1. The molecule has 0 N–H and O–H groups in total. The number of likely N-dealkylation sites (tertiary alicyclic amines) is 1. The second-order valence-corrected chi connectivity index (χ2v) is 5.09. The fourth-order valence-corrected chi connectivity index (χ4v) is 2.31. The van der Waals surface area contributed by atoms with Gasteiger partial charge in [-0.2, -0.15) is 13.2 Å². The Hall–Kier alpha value is -1.72. The van der Waals surface area contributed by atoms with Gasteiger partial charge in [0.1, 0.15) is 5.75 Å². The van der Waals surface area contributed by atoms with Crippen molar-refractivity contribution < 1.29 is 22.7 Å². The van der Waals surface area contributed by atoms with Gasteiger partial charge in [-0.15, -0.1) is 0 Å². The first-order valence-corrected chi connectivity index (χ1v) is 7.02. The summed E-state index contributed by atoms with van der Waals surface area (Å²) in [6, 6.07) is 3.60. The van der Waals surface area contributed by atoms with E-state index in [0.717, 1.165) is 25.0 Å². The Labute approximate surface area is 121 Å². The van der Waals surface area contributed by atoms with Crippen LogP contribution in [0.2, 0.25) is 0 Å². The summed E-state index contributed by atoms with van der Waals surface area (Å²) in [7, 11) is 0. The molecule has 0 aromatic heterocycles. The van der Waals surface area contributed by atoms with E-state index in [-0.39, 0.29) is 18.3 Å². The summed E-state index contributed by atoms with van der Waals surface area (Å²) in [6.07, 6.45) is -2.01. The van der Waals surface area contributed by atoms with Gasteiger partial charge in [0.2, 0.25) is 0 Å². The van der Waals surface area contributed by atoms with Crippen LogP contribution in [0.15, 0.2) is 18.2 Å². The molecule has 1 aromatic rings. The molecule has 0 bridgehead atoms. The Morgan fingerprint density at radius 3 is 2.48 bits per heavy atom. The number of halogens is 3. The van der Waals surface area contributed by atoms with E-state index in [1.165, 1.54) is 0 Å². The number of ether oxygens (including phenoxy) is 1. The zero-order chi connectivity index (χ0) is 15.5. The van der Waals surface area contributed by atoms with Crippen molar-refractivity contribution in [3.63, 3.8) is 0 Å². The molecule has 0 spiro atoms. The van der Waals surface area contributed by atoms with Gasteiger partial charge in [0.05, 0.1) is 5.56 Å². The average molecular weight is 301 g/mol. The standard InChI is InChI=1S/C15H18F3NO2/c1-2-11-7-12(15(16,17)18)9-13(8-11)21-10-14(20)19-5-3-4-6-19/h7-9H,2-6,10H2,1H3. The van der Waals surface area contributed by atoms with E-state index in [2.05, 4.69) is 0 Å². The number of aryl methyl sites for hydroxylation is 1. The van der Waals surface area contributed by atoms with Crippen molar-refractivity contribution in [1.82, 2.24) is 4.90 Å². The normalized spacial score (nSPS) is 15.3. The molecule has 0 saturated carbocycles. The zero-order valence-corrected chi connectivity index (χ0v) is 11.9. The Balaban J connectivity index is 2.06. The SMILES string of the molecule is CCc1cc(OCC(=O)N2CCCC2)cc(C(F)(F)F)c1. The van der Waals surface area contributed by atoms with Crippen molar-refractivity contribution in [2.24, 2.45) is 0 Å². The lowest BCUT2D eigenvalue weighted by molar-refractivity contribution is -0.137. The molecule has 116 valence electrons. The largest absolute Gasteiger partial charge is 0.484 e. The quantitative estimate of drug-likeness (QED) is 0.854. The molecule has 3 nitrogen and oxygen atoms in total. The second-order valence-electron chi connectivity index (χ2n) is 5.09. The number of alkyl halides is 3. The summed E-state index contributed by atoms with van der Waals surface area (Å²) in [5.41, 5.74) is -0.209. The van der Waals surface area contributed by atoms with Crippen LogP contribution in [0, 0.1) is 0 Å². The van der Waals surface area contributed by atoms with E-state index < -0.39 is 11.7 Å². The second kappa shape index (κ2) is 6.37. The van der Waals surface area contributed by atoms with Crippen LogP contribution in [0.4, 0.5) is 13.2 Å². The van der Waals surface area contributed by atoms with Crippen molar-refractivity contribution in [2.45, 2.75) is 32.4 Å². The Morgan fingerprint density at radius 1 is 1.24 bits per heavy atom. The topological polar surface area (TPSA) is 29.5 Å². The van der Waals surface area contributed by atoms with Crippen LogP contribution in [0.25, 0.3) is 0 Å². The average Bonchev–Trinajstić information content (AvgIpc) is 2.97. The maximum atomic E-state index is 12.8. The zero-order valence-electron chi connectivity index (χ0n) is 11.9. The molecule has 0 radical (unpaired) electrons. The van der Waals surface area contributed by atoms with E-state index in [1.807, 2.05) is 0 Å². The third kappa shape index (κ3) is 4.12. The monoisotopic (exact) mass is 301 g/mol. The van der Waals surface area contributed by atoms with Gasteiger partial charge in [0, 0.05) is 13.1 Å². The summed E-state index contributed by atoms with van der Waals surface area (Å²) in [4.78, 5) is 13.5. The third-order valence-corrected chi connectivity index (χ3v) is 3.52. The maximum Gasteiger partial charge on any atom is 0.416 e. The van der Waals surface area contributed by atoms with Gasteiger partial charge in [0.25, 0.3) is 5.91 Å². The highest BCUT2D eigenvalue weighted by Gasteiger charge is 2.31. The number of hydrogen-bond donors (Lipinski definition) is 0. The molecule has 21 heavy (non-hydrogen) atoms. The Morgan fingerprint density at radius 2 is 1.90 bits per heavy atom. The third-order valence-electron chi connectivity index (χ3n) is 3.52. The van der Waals surface area contributed by atoms with Gasteiger partial charge < -0.3 is 9.64 Å². The van der Waals surface area contributed by atoms with Crippen LogP contribution in [-0.2, 0) is 17.4 Å². The molecule has 1 heterocycles. The highest BCUT2D eigenvalue weighted by molar-refractivity contribution is 5.78. The molecular weight excluding hydrogens is 283 g/mol. The number of benzene rings is 1. The summed E-state index contributed by atoms with van der Waals surface area (Å²) < 4.78 is 43.7. The van der Waals surface area contributed by atoms with Crippen molar-refractivity contribution in [1.29, 1.82) is 0 Å². The minimum Gasteiger partial charge on any atom is -0.484 e. The van der Waals surface area contributed by atoms with E-state index in [0.29, 0.717) is 25.1 Å². The van der Waals surface area contributed by atoms with Crippen LogP contribution in [0.5, 0.6) is 5.75 Å². The molecule has 1 aliphatic heterocycles. The highest BCUT2D eigenvalue weighted by atomic mass is 19.4. The van der Waals surface area contributed by atoms with Gasteiger partial charge in [-0.05, 0) is 43.0 Å². The number of rotatable bonds is 4. The Kier molecular flexibility index (Phi) is 4.75. The molecule has 0 atom stereocenters. The van der Waals surface area contributed by atoms with Crippen molar-refractivity contribution in [2.75, 3.05) is 19.7 Å². The molecule has 0 aliphatic carbocycles. The molecule has 1 aromatic carbocycles. The van der Waals surface area contributed by atoms with E-state index in [1.54, 1.807) is 17.9 Å².